The van der Waals surface area contributed by atoms with Crippen LogP contribution in [0.1, 0.15) is 60.5 Å². The van der Waals surface area contributed by atoms with Crippen LogP contribution in [0.2, 0.25) is 0 Å². The lowest BCUT2D eigenvalue weighted by Crippen LogP contribution is -2.44. The Morgan fingerprint density at radius 2 is 2.00 bits per heavy atom. The molecule has 1 fully saturated rings. The van der Waals surface area contributed by atoms with E-state index in [-0.39, 0.29) is 27.8 Å². The first-order chi connectivity index (χ1) is 16.9. The second-order valence-electron chi connectivity index (χ2n) is 9.46. The second-order valence-corrected chi connectivity index (χ2v) is 10.7. The van der Waals surface area contributed by atoms with Gasteiger partial charge in [-0.2, -0.15) is 0 Å². The summed E-state index contributed by atoms with van der Waals surface area (Å²) in [6.45, 7) is 3.91. The van der Waals surface area contributed by atoms with E-state index in [4.69, 9.17) is 0 Å². The van der Waals surface area contributed by atoms with Crippen LogP contribution < -0.4 is 15.5 Å². The molecule has 5 rings (SSSR count). The maximum Gasteiger partial charge on any atom is 0.313 e. The van der Waals surface area contributed by atoms with E-state index in [1.54, 1.807) is 0 Å². The number of hydrogen-bond acceptors (Lipinski definition) is 6. The third-order valence-corrected chi connectivity index (χ3v) is 8.80. The summed E-state index contributed by atoms with van der Waals surface area (Å²) < 4.78 is 42.5. The fourth-order valence-electron chi connectivity index (χ4n) is 5.82. The molecule has 2 aromatic rings. The number of hydrogen-bond donors (Lipinski definition) is 2. The maximum atomic E-state index is 14.5. The van der Waals surface area contributed by atoms with Crippen LogP contribution in [-0.2, 0) is 6.42 Å². The molecule has 0 spiro atoms. The zero-order chi connectivity index (χ0) is 24.7. The van der Waals surface area contributed by atoms with Gasteiger partial charge in [-0.1, -0.05) is 43.7 Å². The number of halogens is 3. The first kappa shape index (κ1) is 24.2. The second kappa shape index (κ2) is 9.89. The van der Waals surface area contributed by atoms with Crippen molar-refractivity contribution in [1.29, 1.82) is 0 Å². The molecule has 0 saturated carbocycles. The molecule has 0 aromatic heterocycles. The summed E-state index contributed by atoms with van der Waals surface area (Å²) in [7, 11) is 0. The van der Waals surface area contributed by atoms with Gasteiger partial charge < -0.3 is 10.2 Å². The number of thioether (sulfide) groups is 1. The number of nitrogens with one attached hydrogen (secondary N) is 2. The Morgan fingerprint density at radius 1 is 1.17 bits per heavy atom. The summed E-state index contributed by atoms with van der Waals surface area (Å²) in [6, 6.07) is 7.30. The molecule has 4 unspecified atom stereocenters. The van der Waals surface area contributed by atoms with E-state index in [0.717, 1.165) is 56.0 Å². The van der Waals surface area contributed by atoms with Gasteiger partial charge in [0.1, 0.15) is 0 Å². The monoisotopic (exact) mass is 506 g/mol. The Balaban J connectivity index is 1.49. The first-order valence-corrected chi connectivity index (χ1v) is 13.2. The molecule has 2 N–H and O–H groups in total. The topological polar surface area (TPSA) is 70.4 Å². The van der Waals surface area contributed by atoms with Crippen LogP contribution in [0, 0.1) is 27.6 Å². The van der Waals surface area contributed by atoms with Crippen molar-refractivity contribution in [2.24, 2.45) is 0 Å². The van der Waals surface area contributed by atoms with Crippen LogP contribution in [-0.4, -0.2) is 36.1 Å². The number of benzene rings is 2. The van der Waals surface area contributed by atoms with E-state index < -0.39 is 22.9 Å². The molecule has 0 radical (unpaired) electrons. The number of fused-ring (bicyclic) bond motifs is 2. The molecular formula is C25H29F3N4O2S. The number of rotatable bonds is 7. The van der Waals surface area contributed by atoms with E-state index in [1.807, 2.05) is 6.07 Å². The van der Waals surface area contributed by atoms with Crippen LogP contribution in [0.5, 0.6) is 0 Å². The third kappa shape index (κ3) is 4.35. The molecule has 3 aliphatic rings. The molecule has 4 atom stereocenters. The molecule has 35 heavy (non-hydrogen) atoms. The molecule has 3 heterocycles. The molecule has 1 saturated heterocycles. The van der Waals surface area contributed by atoms with Gasteiger partial charge in [0, 0.05) is 37.3 Å². The smallest absolute Gasteiger partial charge is 0.313 e. The lowest BCUT2D eigenvalue weighted by Gasteiger charge is -2.43. The highest BCUT2D eigenvalue weighted by atomic mass is 32.2. The van der Waals surface area contributed by atoms with Gasteiger partial charge in [-0.15, -0.1) is 0 Å². The molecular weight excluding hydrogens is 477 g/mol. The van der Waals surface area contributed by atoms with Crippen LogP contribution in [0.3, 0.4) is 0 Å². The van der Waals surface area contributed by atoms with Gasteiger partial charge in [0.2, 0.25) is 0 Å². The average Bonchev–Trinajstić information content (AvgIpc) is 3.50. The number of nitrogens with zero attached hydrogens (tertiary/aromatic N) is 2. The lowest BCUT2D eigenvalue weighted by molar-refractivity contribution is -0.499. The Bertz CT molecular complexity index is 1130. The van der Waals surface area contributed by atoms with Crippen molar-refractivity contribution in [3.05, 3.63) is 68.5 Å². The maximum absolute atomic E-state index is 14.5. The summed E-state index contributed by atoms with van der Waals surface area (Å²) in [5.74, 6) is -3.91. The van der Waals surface area contributed by atoms with Gasteiger partial charge in [-0.25, -0.2) is 18.5 Å². The summed E-state index contributed by atoms with van der Waals surface area (Å²) >= 11 is 1.33. The SMILES string of the molecule is CCCCCN1c2cccc(C3CNC([N+](=O)[O-])S3)c2CCC1C1CNc2c1cc(F)c(F)c2F. The largest absolute Gasteiger partial charge is 0.382 e. The Kier molecular flexibility index (Phi) is 6.85. The van der Waals surface area contributed by atoms with Gasteiger partial charge in [-0.05, 0) is 48.1 Å². The van der Waals surface area contributed by atoms with Crippen LogP contribution in [0.15, 0.2) is 24.3 Å². The van der Waals surface area contributed by atoms with Gasteiger partial charge in [0.25, 0.3) is 0 Å². The minimum absolute atomic E-state index is 0.00516. The Labute approximate surface area is 206 Å². The first-order valence-electron chi connectivity index (χ1n) is 12.2. The summed E-state index contributed by atoms with van der Waals surface area (Å²) in [5.41, 5.74) is 3.17. The number of nitro groups is 1. The quantitative estimate of drug-likeness (QED) is 0.222. The number of anilines is 2. The predicted octanol–water partition coefficient (Wildman–Crippen LogP) is 5.56. The Hall–Kier alpha value is -2.46. The summed E-state index contributed by atoms with van der Waals surface area (Å²) in [6.07, 6.45) is 4.68. The minimum atomic E-state index is -1.44. The highest BCUT2D eigenvalue weighted by Crippen LogP contribution is 2.47. The van der Waals surface area contributed by atoms with Crippen molar-refractivity contribution >= 4 is 23.1 Å². The molecule has 0 aliphatic carbocycles. The van der Waals surface area contributed by atoms with E-state index >= 15 is 0 Å². The van der Waals surface area contributed by atoms with E-state index in [2.05, 4.69) is 34.6 Å². The van der Waals surface area contributed by atoms with E-state index in [9.17, 15) is 23.3 Å². The molecule has 0 amide bonds. The van der Waals surface area contributed by atoms with Gasteiger partial charge in [0.15, 0.2) is 17.5 Å². The van der Waals surface area contributed by atoms with Gasteiger partial charge >= 0.3 is 5.50 Å². The normalized spacial score (nSPS) is 25.3. The zero-order valence-electron chi connectivity index (χ0n) is 19.5. The van der Waals surface area contributed by atoms with Gasteiger partial charge in [0.05, 0.1) is 15.9 Å². The lowest BCUT2D eigenvalue weighted by atomic mass is 9.82. The minimum Gasteiger partial charge on any atom is -0.382 e. The molecule has 0 bridgehead atoms. The van der Waals surface area contributed by atoms with Crippen molar-refractivity contribution in [1.82, 2.24) is 5.32 Å². The zero-order valence-corrected chi connectivity index (χ0v) is 20.3. The van der Waals surface area contributed by atoms with Crippen molar-refractivity contribution in [3.63, 3.8) is 0 Å². The Morgan fingerprint density at radius 3 is 2.74 bits per heavy atom. The molecule has 6 nitrogen and oxygen atoms in total. The van der Waals surface area contributed by atoms with Crippen molar-refractivity contribution in [2.45, 2.75) is 61.7 Å². The molecule has 2 aromatic carbocycles. The van der Waals surface area contributed by atoms with Gasteiger partial charge in [-0.3, -0.25) is 10.1 Å². The fraction of sp³-hybridized carbons (Fsp3) is 0.520. The third-order valence-electron chi connectivity index (χ3n) is 7.45. The van der Waals surface area contributed by atoms with E-state index in [0.29, 0.717) is 18.7 Å². The predicted molar refractivity (Wildman–Crippen MR) is 132 cm³/mol. The molecule has 188 valence electrons. The van der Waals surface area contributed by atoms with Crippen molar-refractivity contribution in [2.75, 3.05) is 29.9 Å². The van der Waals surface area contributed by atoms with Crippen molar-refractivity contribution < 1.29 is 18.1 Å². The average molecular weight is 507 g/mol. The standard InChI is InChI=1S/C25H29F3N4O2S/c1-2-3-4-10-31-19-7-5-6-15(21-13-30-25(35-21)32(33)34)14(19)8-9-20(31)17-12-29-24-16(17)11-18(26)22(27)23(24)28/h5-7,11,17,20-21,25,29-30H,2-4,8-10,12-13H2,1H3. The molecule has 10 heteroatoms. The fourth-order valence-corrected chi connectivity index (χ4v) is 6.98. The highest BCUT2D eigenvalue weighted by Gasteiger charge is 2.41. The van der Waals surface area contributed by atoms with E-state index in [1.165, 1.54) is 17.3 Å². The van der Waals surface area contributed by atoms with Crippen molar-refractivity contribution in [3.8, 4) is 0 Å². The summed E-state index contributed by atoms with van der Waals surface area (Å²) in [5, 5.41) is 17.2. The molecule has 3 aliphatic heterocycles. The van der Waals surface area contributed by atoms with Crippen LogP contribution in [0.25, 0.3) is 0 Å². The van der Waals surface area contributed by atoms with Crippen LogP contribution in [0.4, 0.5) is 24.5 Å². The highest BCUT2D eigenvalue weighted by molar-refractivity contribution is 8.00. The summed E-state index contributed by atoms with van der Waals surface area (Å²) in [4.78, 5) is 13.3. The number of unbranched alkanes of at least 4 members (excludes halogenated alkanes) is 2. The van der Waals surface area contributed by atoms with Crippen LogP contribution >= 0.6 is 11.8 Å².